The molecule has 3 heterocycles. The molecule has 0 spiro atoms. The molecule has 4 aliphatic rings. The highest BCUT2D eigenvalue weighted by atomic mass is 32.1. The first-order valence-corrected chi connectivity index (χ1v) is 10.0. The number of likely N-dealkylation sites (tertiary alicyclic amines) is 1. The van der Waals surface area contributed by atoms with Gasteiger partial charge in [0.2, 0.25) is 0 Å². The highest BCUT2D eigenvalue weighted by Gasteiger charge is 2.65. The van der Waals surface area contributed by atoms with Crippen molar-refractivity contribution in [3.8, 4) is 0 Å². The average molecular weight is 345 g/mol. The molecule has 2 aliphatic heterocycles. The molecule has 0 bridgehead atoms. The van der Waals surface area contributed by atoms with Gasteiger partial charge in [0.15, 0.2) is 0 Å². The second-order valence-electron chi connectivity index (χ2n) is 7.75. The zero-order valence-electron chi connectivity index (χ0n) is 13.7. The van der Waals surface area contributed by atoms with Crippen molar-refractivity contribution in [1.29, 1.82) is 0 Å². The van der Waals surface area contributed by atoms with Crippen LogP contribution in [-0.2, 0) is 4.79 Å². The Balaban J connectivity index is 1.37. The molecule has 3 amide bonds. The minimum Gasteiger partial charge on any atom is -0.322 e. The molecule has 1 aromatic heterocycles. The van der Waals surface area contributed by atoms with Gasteiger partial charge in [-0.25, -0.2) is 9.69 Å². The van der Waals surface area contributed by atoms with E-state index in [1.54, 1.807) is 11.3 Å². The molecule has 2 saturated heterocycles. The Morgan fingerprint density at radius 1 is 1.17 bits per heavy atom. The van der Waals surface area contributed by atoms with E-state index < -0.39 is 5.54 Å². The zero-order chi connectivity index (χ0) is 16.3. The van der Waals surface area contributed by atoms with Crippen molar-refractivity contribution in [3.63, 3.8) is 0 Å². The van der Waals surface area contributed by atoms with Crippen LogP contribution >= 0.6 is 11.3 Å². The van der Waals surface area contributed by atoms with Crippen molar-refractivity contribution in [3.05, 3.63) is 22.4 Å². The highest BCUT2D eigenvalue weighted by molar-refractivity contribution is 7.07. The van der Waals surface area contributed by atoms with Gasteiger partial charge in [-0.2, -0.15) is 11.3 Å². The molecule has 5 rings (SSSR count). The van der Waals surface area contributed by atoms with Crippen LogP contribution in [0.4, 0.5) is 4.79 Å². The largest absolute Gasteiger partial charge is 0.326 e. The van der Waals surface area contributed by atoms with Gasteiger partial charge in [0.1, 0.15) is 5.54 Å². The van der Waals surface area contributed by atoms with E-state index in [4.69, 9.17) is 0 Å². The Kier molecular flexibility index (Phi) is 3.29. The van der Waals surface area contributed by atoms with E-state index in [-0.39, 0.29) is 11.9 Å². The van der Waals surface area contributed by atoms with Crippen molar-refractivity contribution in [2.24, 2.45) is 11.8 Å². The topological polar surface area (TPSA) is 52.7 Å². The van der Waals surface area contributed by atoms with Crippen LogP contribution in [0.3, 0.4) is 0 Å². The molecule has 2 saturated carbocycles. The molecule has 24 heavy (non-hydrogen) atoms. The van der Waals surface area contributed by atoms with Gasteiger partial charge in [-0.05, 0) is 72.8 Å². The third-order valence-corrected chi connectivity index (χ3v) is 6.92. The standard InChI is InChI=1S/C18H23N3O2S/c22-16-18(13-3-4-13,14-5-6-14)19-17(23)21(16)11-20-8-1-2-15(20)12-7-9-24-10-12/h7,9-10,13-15H,1-6,8,11H2,(H,19,23)/t15-/m1/s1. The van der Waals surface area contributed by atoms with Crippen molar-refractivity contribution in [2.75, 3.05) is 13.2 Å². The van der Waals surface area contributed by atoms with E-state index in [0.717, 1.165) is 45.1 Å². The lowest BCUT2D eigenvalue weighted by molar-refractivity contribution is -0.134. The Bertz CT molecular complexity index is 654. The van der Waals surface area contributed by atoms with Crippen molar-refractivity contribution >= 4 is 23.3 Å². The maximum absolute atomic E-state index is 13.2. The van der Waals surface area contributed by atoms with E-state index in [0.29, 0.717) is 24.5 Å². The number of carbonyl (C=O) groups is 2. The fraction of sp³-hybridized carbons (Fsp3) is 0.667. The van der Waals surface area contributed by atoms with Gasteiger partial charge in [0, 0.05) is 12.6 Å². The van der Waals surface area contributed by atoms with E-state index >= 15 is 0 Å². The summed E-state index contributed by atoms with van der Waals surface area (Å²) in [5.41, 5.74) is 0.759. The molecule has 5 nitrogen and oxygen atoms in total. The molecule has 1 atom stereocenters. The number of nitrogens with one attached hydrogen (secondary N) is 1. The number of hydrogen-bond donors (Lipinski definition) is 1. The van der Waals surface area contributed by atoms with Crippen LogP contribution < -0.4 is 5.32 Å². The van der Waals surface area contributed by atoms with Crippen molar-refractivity contribution in [1.82, 2.24) is 15.1 Å². The molecule has 128 valence electrons. The lowest BCUT2D eigenvalue weighted by Gasteiger charge is -2.29. The number of rotatable bonds is 5. The summed E-state index contributed by atoms with van der Waals surface area (Å²) in [6, 6.07) is 2.33. The fourth-order valence-electron chi connectivity index (χ4n) is 4.73. The van der Waals surface area contributed by atoms with Crippen LogP contribution in [0.2, 0.25) is 0 Å². The second-order valence-corrected chi connectivity index (χ2v) is 8.53. The lowest BCUT2D eigenvalue weighted by atomic mass is 9.87. The third kappa shape index (κ3) is 2.15. The summed E-state index contributed by atoms with van der Waals surface area (Å²) in [6.07, 6.45) is 6.56. The zero-order valence-corrected chi connectivity index (χ0v) is 14.6. The van der Waals surface area contributed by atoms with Crippen LogP contribution in [0.15, 0.2) is 16.8 Å². The van der Waals surface area contributed by atoms with E-state index in [1.807, 2.05) is 0 Å². The molecular formula is C18H23N3O2S. The van der Waals surface area contributed by atoms with Crippen LogP contribution in [0.5, 0.6) is 0 Å². The highest BCUT2D eigenvalue weighted by Crippen LogP contribution is 2.54. The SMILES string of the molecule is O=C1NC(C2CC2)(C2CC2)C(=O)N1CN1CCC[C@@H]1c1ccsc1. The lowest BCUT2D eigenvalue weighted by Crippen LogP contribution is -2.51. The summed E-state index contributed by atoms with van der Waals surface area (Å²) in [6.45, 7) is 1.39. The molecular weight excluding hydrogens is 322 g/mol. The van der Waals surface area contributed by atoms with Gasteiger partial charge in [0.05, 0.1) is 6.67 Å². The molecule has 1 aromatic rings. The first-order valence-electron chi connectivity index (χ1n) is 9.10. The number of imide groups is 1. The smallest absolute Gasteiger partial charge is 0.322 e. The predicted molar refractivity (Wildman–Crippen MR) is 91.4 cm³/mol. The molecule has 0 radical (unpaired) electrons. The molecule has 1 N–H and O–H groups in total. The van der Waals surface area contributed by atoms with Crippen molar-refractivity contribution in [2.45, 2.75) is 50.1 Å². The maximum Gasteiger partial charge on any atom is 0.326 e. The minimum absolute atomic E-state index is 0.0495. The first-order chi connectivity index (χ1) is 11.7. The molecule has 6 heteroatoms. The van der Waals surface area contributed by atoms with Crippen LogP contribution in [0, 0.1) is 11.8 Å². The molecule has 0 unspecified atom stereocenters. The number of amides is 3. The normalized spacial score (nSPS) is 30.2. The Morgan fingerprint density at radius 3 is 2.54 bits per heavy atom. The quantitative estimate of drug-likeness (QED) is 0.835. The van der Waals surface area contributed by atoms with Gasteiger partial charge >= 0.3 is 6.03 Å². The fourth-order valence-corrected chi connectivity index (χ4v) is 5.43. The summed E-state index contributed by atoms with van der Waals surface area (Å²) in [4.78, 5) is 29.6. The summed E-state index contributed by atoms with van der Waals surface area (Å²) < 4.78 is 0. The van der Waals surface area contributed by atoms with E-state index in [1.165, 1.54) is 10.5 Å². The number of thiophene rings is 1. The van der Waals surface area contributed by atoms with Gasteiger partial charge in [0.25, 0.3) is 5.91 Å². The van der Waals surface area contributed by atoms with E-state index in [9.17, 15) is 9.59 Å². The number of urea groups is 1. The molecule has 0 aromatic carbocycles. The van der Waals surface area contributed by atoms with E-state index in [2.05, 4.69) is 27.0 Å². The summed E-state index contributed by atoms with van der Waals surface area (Å²) in [5, 5.41) is 7.42. The third-order valence-electron chi connectivity index (χ3n) is 6.22. The first kappa shape index (κ1) is 14.9. The summed E-state index contributed by atoms with van der Waals surface area (Å²) in [7, 11) is 0. The van der Waals surface area contributed by atoms with Crippen LogP contribution in [0.25, 0.3) is 0 Å². The van der Waals surface area contributed by atoms with Crippen LogP contribution in [-0.4, -0.2) is 40.5 Å². The Labute approximate surface area is 146 Å². The summed E-state index contributed by atoms with van der Waals surface area (Å²) in [5.74, 6) is 0.795. The second kappa shape index (κ2) is 5.30. The monoisotopic (exact) mass is 345 g/mol. The average Bonchev–Trinajstić information content (AvgIpc) is 3.48. The Hall–Kier alpha value is -1.40. The van der Waals surface area contributed by atoms with Gasteiger partial charge < -0.3 is 5.32 Å². The van der Waals surface area contributed by atoms with Gasteiger partial charge in [-0.1, -0.05) is 0 Å². The number of hydrogen-bond acceptors (Lipinski definition) is 4. The van der Waals surface area contributed by atoms with Gasteiger partial charge in [-0.3, -0.25) is 9.69 Å². The molecule has 4 fully saturated rings. The minimum atomic E-state index is -0.561. The predicted octanol–water partition coefficient (Wildman–Crippen LogP) is 2.95. The number of nitrogens with zero attached hydrogens (tertiary/aromatic N) is 2. The summed E-state index contributed by atoms with van der Waals surface area (Å²) >= 11 is 1.71. The van der Waals surface area contributed by atoms with Crippen molar-refractivity contribution < 1.29 is 9.59 Å². The van der Waals surface area contributed by atoms with Gasteiger partial charge in [-0.15, -0.1) is 0 Å². The number of carbonyl (C=O) groups excluding carboxylic acids is 2. The molecule has 2 aliphatic carbocycles. The Morgan fingerprint density at radius 2 is 1.92 bits per heavy atom. The maximum atomic E-state index is 13.2. The van der Waals surface area contributed by atoms with Crippen LogP contribution in [0.1, 0.15) is 50.1 Å².